The third-order valence-electron chi connectivity index (χ3n) is 4.23. The van der Waals surface area contributed by atoms with Crippen molar-refractivity contribution in [3.63, 3.8) is 0 Å². The predicted molar refractivity (Wildman–Crippen MR) is 97.4 cm³/mol. The Balaban J connectivity index is 1.84. The van der Waals surface area contributed by atoms with E-state index in [1.54, 1.807) is 13.0 Å². The number of nitrogens with two attached hydrogens (primary N) is 1. The largest absolute Gasteiger partial charge is 0.367 e. The smallest absolute Gasteiger partial charge is 0.259 e. The zero-order valence-electron chi connectivity index (χ0n) is 14.1. The van der Waals surface area contributed by atoms with Gasteiger partial charge in [0.05, 0.1) is 31.0 Å². The molecule has 26 heavy (non-hydrogen) atoms. The van der Waals surface area contributed by atoms with Crippen molar-refractivity contribution in [1.29, 1.82) is 0 Å². The van der Waals surface area contributed by atoms with Gasteiger partial charge in [0.1, 0.15) is 5.15 Å². The van der Waals surface area contributed by atoms with Crippen LogP contribution in [0.4, 0.5) is 0 Å². The molecule has 1 fully saturated rings. The van der Waals surface area contributed by atoms with Gasteiger partial charge in [-0.2, -0.15) is 5.10 Å². The number of aromatic nitrogens is 2. The van der Waals surface area contributed by atoms with Gasteiger partial charge in [-0.25, -0.2) is 4.68 Å². The first-order valence-corrected chi connectivity index (χ1v) is 8.80. The number of nitrogens with zero attached hydrogens (tertiary/aromatic N) is 3. The number of amides is 2. The van der Waals surface area contributed by atoms with Crippen LogP contribution in [0.15, 0.2) is 24.3 Å². The summed E-state index contributed by atoms with van der Waals surface area (Å²) in [5.74, 6) is -0.896. The van der Waals surface area contributed by atoms with E-state index in [9.17, 15) is 9.59 Å². The normalized spacial score (nSPS) is 17.3. The van der Waals surface area contributed by atoms with E-state index < -0.39 is 12.0 Å². The molecule has 2 heterocycles. The first kappa shape index (κ1) is 18.7. The molecule has 1 atom stereocenters. The maximum atomic E-state index is 12.9. The third-order valence-corrected chi connectivity index (χ3v) is 4.98. The lowest BCUT2D eigenvalue weighted by molar-refractivity contribution is -0.133. The van der Waals surface area contributed by atoms with E-state index >= 15 is 0 Å². The van der Waals surface area contributed by atoms with Crippen molar-refractivity contribution >= 4 is 35.0 Å². The summed E-state index contributed by atoms with van der Waals surface area (Å²) in [6.07, 6.45) is -0.815. The fourth-order valence-corrected chi connectivity index (χ4v) is 3.36. The highest BCUT2D eigenvalue weighted by molar-refractivity contribution is 6.33. The Kier molecular flexibility index (Phi) is 5.50. The van der Waals surface area contributed by atoms with Crippen LogP contribution in [-0.4, -0.2) is 52.3 Å². The van der Waals surface area contributed by atoms with Gasteiger partial charge in [0.15, 0.2) is 6.10 Å². The van der Waals surface area contributed by atoms with Crippen molar-refractivity contribution in [2.24, 2.45) is 5.73 Å². The lowest BCUT2D eigenvalue weighted by Crippen LogP contribution is -2.50. The fraction of sp³-hybridized carbons (Fsp3) is 0.353. The van der Waals surface area contributed by atoms with Crippen molar-refractivity contribution in [3.8, 4) is 0 Å². The molecule has 0 spiro atoms. The maximum Gasteiger partial charge on any atom is 0.259 e. The summed E-state index contributed by atoms with van der Waals surface area (Å²) in [7, 11) is 0. The molecule has 1 unspecified atom stereocenters. The summed E-state index contributed by atoms with van der Waals surface area (Å²) in [6.45, 7) is 2.76. The molecule has 0 saturated carbocycles. The summed E-state index contributed by atoms with van der Waals surface area (Å²) < 4.78 is 6.82. The van der Waals surface area contributed by atoms with Gasteiger partial charge in [-0.1, -0.05) is 41.4 Å². The number of aryl methyl sites for hydroxylation is 1. The van der Waals surface area contributed by atoms with Crippen LogP contribution in [0.1, 0.15) is 21.6 Å². The Morgan fingerprint density at radius 2 is 2.08 bits per heavy atom. The average molecular weight is 397 g/mol. The number of halogens is 2. The highest BCUT2D eigenvalue weighted by Gasteiger charge is 2.31. The molecule has 1 aliphatic rings. The van der Waals surface area contributed by atoms with Gasteiger partial charge >= 0.3 is 0 Å². The molecule has 1 aromatic carbocycles. The van der Waals surface area contributed by atoms with Crippen LogP contribution in [0, 0.1) is 6.92 Å². The van der Waals surface area contributed by atoms with Crippen molar-refractivity contribution in [3.05, 3.63) is 51.3 Å². The minimum Gasteiger partial charge on any atom is -0.367 e. The lowest BCUT2D eigenvalue weighted by atomic mass is 10.2. The molecule has 2 aromatic rings. The molecule has 3 rings (SSSR count). The second kappa shape index (κ2) is 7.65. The summed E-state index contributed by atoms with van der Waals surface area (Å²) in [5.41, 5.74) is 6.94. The minimum absolute atomic E-state index is 0.0969. The van der Waals surface area contributed by atoms with Crippen molar-refractivity contribution in [2.45, 2.75) is 19.6 Å². The van der Waals surface area contributed by atoms with Gasteiger partial charge in [-0.05, 0) is 18.6 Å². The first-order chi connectivity index (χ1) is 12.4. The molecule has 1 aromatic heterocycles. The molecular formula is C17H18Cl2N4O3. The van der Waals surface area contributed by atoms with Gasteiger partial charge in [-0.15, -0.1) is 0 Å². The van der Waals surface area contributed by atoms with Crippen molar-refractivity contribution < 1.29 is 14.3 Å². The number of benzene rings is 1. The fourth-order valence-electron chi connectivity index (χ4n) is 2.85. The van der Waals surface area contributed by atoms with Crippen LogP contribution in [-0.2, 0) is 16.1 Å². The van der Waals surface area contributed by atoms with E-state index in [0.29, 0.717) is 29.4 Å². The summed E-state index contributed by atoms with van der Waals surface area (Å²) >= 11 is 12.6. The van der Waals surface area contributed by atoms with E-state index in [1.807, 2.05) is 18.2 Å². The van der Waals surface area contributed by atoms with E-state index in [-0.39, 0.29) is 24.2 Å². The van der Waals surface area contributed by atoms with Crippen LogP contribution in [0.3, 0.4) is 0 Å². The topological polar surface area (TPSA) is 90.4 Å². The van der Waals surface area contributed by atoms with Crippen molar-refractivity contribution in [2.75, 3.05) is 19.7 Å². The number of ether oxygens (including phenoxy) is 1. The summed E-state index contributed by atoms with van der Waals surface area (Å²) in [4.78, 5) is 25.7. The van der Waals surface area contributed by atoms with Crippen molar-refractivity contribution in [1.82, 2.24) is 14.7 Å². The number of rotatable bonds is 4. The Hall–Kier alpha value is -2.09. The predicted octanol–water partition coefficient (Wildman–Crippen LogP) is 1.87. The molecule has 0 aliphatic carbocycles. The monoisotopic (exact) mass is 396 g/mol. The zero-order chi connectivity index (χ0) is 18.8. The average Bonchev–Trinajstić information content (AvgIpc) is 2.90. The molecule has 138 valence electrons. The number of carbonyl (C=O) groups is 2. The SMILES string of the molecule is Cc1nn(Cc2ccccc2Cl)c(Cl)c1C(=O)N1CCOC(C(N)=O)C1. The second-order valence-corrected chi connectivity index (χ2v) is 6.78. The number of carbonyl (C=O) groups excluding carboxylic acids is 2. The molecule has 7 nitrogen and oxygen atoms in total. The molecular weight excluding hydrogens is 379 g/mol. The van der Waals surface area contributed by atoms with Gasteiger partial charge in [0, 0.05) is 11.6 Å². The molecule has 9 heteroatoms. The first-order valence-electron chi connectivity index (χ1n) is 8.05. The van der Waals surface area contributed by atoms with Crippen LogP contribution in [0.5, 0.6) is 0 Å². The van der Waals surface area contributed by atoms with E-state index in [2.05, 4.69) is 5.10 Å². The molecule has 2 amide bonds. The molecule has 0 bridgehead atoms. The number of morpholine rings is 1. The standard InChI is InChI=1S/C17H18Cl2N4O3/c1-10-14(17(25)22-6-7-26-13(9-22)16(20)24)15(19)23(21-10)8-11-4-2-3-5-12(11)18/h2-5,13H,6-9H2,1H3,(H2,20,24). The third kappa shape index (κ3) is 3.70. The zero-order valence-corrected chi connectivity index (χ0v) is 15.6. The Morgan fingerprint density at radius 3 is 2.77 bits per heavy atom. The number of hydrogen-bond donors (Lipinski definition) is 1. The van der Waals surface area contributed by atoms with E-state index in [4.69, 9.17) is 33.7 Å². The van der Waals surface area contributed by atoms with Crippen LogP contribution in [0.2, 0.25) is 10.2 Å². The lowest BCUT2D eigenvalue weighted by Gasteiger charge is -2.31. The van der Waals surface area contributed by atoms with Crippen LogP contribution >= 0.6 is 23.2 Å². The molecule has 1 saturated heterocycles. The Bertz CT molecular complexity index is 853. The molecule has 2 N–H and O–H groups in total. The van der Waals surface area contributed by atoms with E-state index in [1.165, 1.54) is 9.58 Å². The molecule has 0 radical (unpaired) electrons. The minimum atomic E-state index is -0.815. The Labute approximate surface area is 160 Å². The van der Waals surface area contributed by atoms with Gasteiger partial charge < -0.3 is 15.4 Å². The summed E-state index contributed by atoms with van der Waals surface area (Å²) in [5, 5.41) is 5.20. The van der Waals surface area contributed by atoms with E-state index in [0.717, 1.165) is 5.56 Å². The van der Waals surface area contributed by atoms with Crippen LogP contribution < -0.4 is 5.73 Å². The second-order valence-electron chi connectivity index (χ2n) is 6.01. The van der Waals surface area contributed by atoms with Crippen LogP contribution in [0.25, 0.3) is 0 Å². The Morgan fingerprint density at radius 1 is 1.35 bits per heavy atom. The number of hydrogen-bond acceptors (Lipinski definition) is 4. The summed E-state index contributed by atoms with van der Waals surface area (Å²) in [6, 6.07) is 7.36. The quantitative estimate of drug-likeness (QED) is 0.853. The van der Waals surface area contributed by atoms with Gasteiger partial charge in [-0.3, -0.25) is 9.59 Å². The van der Waals surface area contributed by atoms with Gasteiger partial charge in [0.25, 0.3) is 5.91 Å². The maximum absolute atomic E-state index is 12.9. The highest BCUT2D eigenvalue weighted by atomic mass is 35.5. The van der Waals surface area contributed by atoms with Gasteiger partial charge in [0.2, 0.25) is 5.91 Å². The molecule has 1 aliphatic heterocycles. The number of primary amides is 1. The highest BCUT2D eigenvalue weighted by Crippen LogP contribution is 2.25.